The second-order valence-corrected chi connectivity index (χ2v) is 5.51. The van der Waals surface area contributed by atoms with Gasteiger partial charge in [0.2, 0.25) is 5.91 Å². The predicted octanol–water partition coefficient (Wildman–Crippen LogP) is 1.03. The van der Waals surface area contributed by atoms with Crippen LogP contribution < -0.4 is 5.32 Å². The first-order chi connectivity index (χ1) is 9.67. The van der Waals surface area contributed by atoms with Gasteiger partial charge in [-0.2, -0.15) is 0 Å². The van der Waals surface area contributed by atoms with Gasteiger partial charge in [0.15, 0.2) is 0 Å². The molecule has 2 aliphatic heterocycles. The van der Waals surface area contributed by atoms with Gasteiger partial charge in [-0.25, -0.2) is 0 Å². The Morgan fingerprint density at radius 2 is 2.25 bits per heavy atom. The normalized spacial score (nSPS) is 21.6. The number of carbonyl (C=O) groups excluding carboxylic acids is 2. The Hall–Kier alpha value is -1.88. The molecule has 1 fully saturated rings. The molecule has 3 rings (SSSR count). The van der Waals surface area contributed by atoms with Gasteiger partial charge in [-0.15, -0.1) is 0 Å². The van der Waals surface area contributed by atoms with E-state index in [0.29, 0.717) is 31.5 Å². The number of hydrogen-bond acceptors (Lipinski definition) is 3. The van der Waals surface area contributed by atoms with Crippen LogP contribution in [0.15, 0.2) is 18.2 Å². The number of rotatable bonds is 2. The average molecular weight is 274 g/mol. The lowest BCUT2D eigenvalue weighted by atomic mass is 10.00. The minimum atomic E-state index is 0.0145. The minimum Gasteiger partial charge on any atom is -0.396 e. The van der Waals surface area contributed by atoms with Crippen LogP contribution in [0.3, 0.4) is 0 Å². The van der Waals surface area contributed by atoms with E-state index in [1.165, 1.54) is 0 Å². The number of nitrogens with zero attached hydrogens (tertiary/aromatic N) is 1. The second-order valence-electron chi connectivity index (χ2n) is 5.51. The van der Waals surface area contributed by atoms with E-state index in [1.807, 2.05) is 6.07 Å². The van der Waals surface area contributed by atoms with Gasteiger partial charge in [-0.05, 0) is 36.6 Å². The maximum absolute atomic E-state index is 12.4. The summed E-state index contributed by atoms with van der Waals surface area (Å²) in [4.78, 5) is 25.5. The first-order valence-corrected chi connectivity index (χ1v) is 7.00. The van der Waals surface area contributed by atoms with Crippen LogP contribution in [-0.2, 0) is 11.2 Å². The fourth-order valence-corrected chi connectivity index (χ4v) is 2.87. The van der Waals surface area contributed by atoms with E-state index < -0.39 is 0 Å². The Labute approximate surface area is 117 Å². The summed E-state index contributed by atoms with van der Waals surface area (Å²) >= 11 is 0. The monoisotopic (exact) mass is 274 g/mol. The van der Waals surface area contributed by atoms with Crippen LogP contribution >= 0.6 is 0 Å². The van der Waals surface area contributed by atoms with Gasteiger partial charge in [0.25, 0.3) is 5.91 Å². The van der Waals surface area contributed by atoms with Crippen LogP contribution in [-0.4, -0.2) is 41.5 Å². The van der Waals surface area contributed by atoms with E-state index in [4.69, 9.17) is 5.11 Å². The number of fused-ring (bicyclic) bond motifs is 1. The minimum absolute atomic E-state index is 0.0145. The van der Waals surface area contributed by atoms with Crippen LogP contribution in [0, 0.1) is 5.92 Å². The topological polar surface area (TPSA) is 69.6 Å². The van der Waals surface area contributed by atoms with Crippen LogP contribution in [0.5, 0.6) is 0 Å². The quantitative estimate of drug-likeness (QED) is 0.846. The van der Waals surface area contributed by atoms with Crippen molar-refractivity contribution in [2.75, 3.05) is 25.0 Å². The Balaban J connectivity index is 1.78. The molecule has 5 heteroatoms. The fraction of sp³-hybridized carbons (Fsp3) is 0.467. The molecule has 20 heavy (non-hydrogen) atoms. The van der Waals surface area contributed by atoms with Crippen molar-refractivity contribution < 1.29 is 14.7 Å². The van der Waals surface area contributed by atoms with Gasteiger partial charge < -0.3 is 15.3 Å². The molecule has 0 aromatic heterocycles. The SMILES string of the molecule is O=C1CCc2cc(C(=O)N3CCC(CO)C3)ccc2N1. The number of hydrogen-bond donors (Lipinski definition) is 2. The molecule has 1 aromatic rings. The van der Waals surface area contributed by atoms with Crippen LogP contribution in [0.25, 0.3) is 0 Å². The van der Waals surface area contributed by atoms with E-state index in [1.54, 1.807) is 17.0 Å². The Morgan fingerprint density at radius 3 is 3.00 bits per heavy atom. The Bertz CT molecular complexity index is 556. The van der Waals surface area contributed by atoms with Crippen molar-refractivity contribution in [3.05, 3.63) is 29.3 Å². The second kappa shape index (κ2) is 5.25. The molecule has 106 valence electrons. The molecule has 1 saturated heterocycles. The molecule has 1 aromatic carbocycles. The molecule has 1 unspecified atom stereocenters. The number of aryl methyl sites for hydroxylation is 1. The molecule has 2 amide bonds. The number of carbonyl (C=O) groups is 2. The van der Waals surface area contributed by atoms with Gasteiger partial charge >= 0.3 is 0 Å². The summed E-state index contributed by atoms with van der Waals surface area (Å²) in [7, 11) is 0. The number of nitrogens with one attached hydrogen (secondary N) is 1. The fourth-order valence-electron chi connectivity index (χ4n) is 2.87. The third kappa shape index (κ3) is 2.41. The highest BCUT2D eigenvalue weighted by Crippen LogP contribution is 2.25. The van der Waals surface area contributed by atoms with E-state index in [2.05, 4.69) is 5.32 Å². The molecule has 0 spiro atoms. The summed E-state index contributed by atoms with van der Waals surface area (Å²) in [5, 5.41) is 12.0. The standard InChI is InChI=1S/C15H18N2O3/c18-9-10-5-6-17(8-10)15(20)12-1-3-13-11(7-12)2-4-14(19)16-13/h1,3,7,10,18H,2,4-6,8-9H2,(H,16,19). The molecule has 2 N–H and O–H groups in total. The zero-order valence-corrected chi connectivity index (χ0v) is 11.3. The summed E-state index contributed by atoms with van der Waals surface area (Å²) in [6.45, 7) is 1.47. The van der Waals surface area contributed by atoms with Gasteiger partial charge in [-0.1, -0.05) is 0 Å². The van der Waals surface area contributed by atoms with Gasteiger partial charge in [0.05, 0.1) is 0 Å². The van der Waals surface area contributed by atoms with Crippen molar-refractivity contribution >= 4 is 17.5 Å². The maximum Gasteiger partial charge on any atom is 0.253 e. The lowest BCUT2D eigenvalue weighted by Gasteiger charge is -2.20. The summed E-state index contributed by atoms with van der Waals surface area (Å²) < 4.78 is 0. The molecule has 0 bridgehead atoms. The van der Waals surface area contributed by atoms with Crippen LogP contribution in [0.4, 0.5) is 5.69 Å². The summed E-state index contributed by atoms with van der Waals surface area (Å²) in [5.41, 5.74) is 2.50. The highest BCUT2D eigenvalue weighted by Gasteiger charge is 2.27. The van der Waals surface area contributed by atoms with Crippen LogP contribution in [0.2, 0.25) is 0 Å². The first kappa shape index (κ1) is 13.1. The molecule has 5 nitrogen and oxygen atoms in total. The maximum atomic E-state index is 12.4. The van der Waals surface area contributed by atoms with Crippen molar-refractivity contribution in [2.45, 2.75) is 19.3 Å². The number of aliphatic hydroxyl groups excluding tert-OH is 1. The largest absolute Gasteiger partial charge is 0.396 e. The smallest absolute Gasteiger partial charge is 0.253 e. The molecular formula is C15H18N2O3. The van der Waals surface area contributed by atoms with Crippen LogP contribution in [0.1, 0.15) is 28.8 Å². The third-order valence-corrected chi connectivity index (χ3v) is 4.08. The zero-order chi connectivity index (χ0) is 14.1. The Kier molecular flexibility index (Phi) is 3.44. The lowest BCUT2D eigenvalue weighted by Crippen LogP contribution is -2.29. The molecule has 1 atom stereocenters. The van der Waals surface area contributed by atoms with Crippen molar-refractivity contribution in [3.63, 3.8) is 0 Å². The summed E-state index contributed by atoms with van der Waals surface area (Å²) in [6, 6.07) is 5.45. The van der Waals surface area contributed by atoms with E-state index in [0.717, 1.165) is 17.7 Å². The summed E-state index contributed by atoms with van der Waals surface area (Å²) in [5.74, 6) is 0.249. The number of aliphatic hydroxyl groups is 1. The summed E-state index contributed by atoms with van der Waals surface area (Å²) in [6.07, 6.45) is 2.02. The number of anilines is 1. The van der Waals surface area contributed by atoms with Crippen molar-refractivity contribution in [2.24, 2.45) is 5.92 Å². The first-order valence-electron chi connectivity index (χ1n) is 7.00. The number of benzene rings is 1. The van der Waals surface area contributed by atoms with Crippen molar-refractivity contribution in [3.8, 4) is 0 Å². The Morgan fingerprint density at radius 1 is 1.40 bits per heavy atom. The van der Waals surface area contributed by atoms with E-state index in [-0.39, 0.29) is 24.3 Å². The van der Waals surface area contributed by atoms with Gasteiger partial charge in [-0.3, -0.25) is 9.59 Å². The zero-order valence-electron chi connectivity index (χ0n) is 11.3. The van der Waals surface area contributed by atoms with Gasteiger partial charge in [0.1, 0.15) is 0 Å². The van der Waals surface area contributed by atoms with Crippen molar-refractivity contribution in [1.82, 2.24) is 4.90 Å². The van der Waals surface area contributed by atoms with E-state index in [9.17, 15) is 9.59 Å². The predicted molar refractivity (Wildman–Crippen MR) is 74.5 cm³/mol. The van der Waals surface area contributed by atoms with E-state index >= 15 is 0 Å². The molecule has 0 saturated carbocycles. The third-order valence-electron chi connectivity index (χ3n) is 4.08. The molecule has 2 aliphatic rings. The average Bonchev–Trinajstić information content (AvgIpc) is 2.95. The highest BCUT2D eigenvalue weighted by atomic mass is 16.3. The molecule has 0 aliphatic carbocycles. The lowest BCUT2D eigenvalue weighted by molar-refractivity contribution is -0.116. The molecule has 0 radical (unpaired) electrons. The molecule has 2 heterocycles. The van der Waals surface area contributed by atoms with Gasteiger partial charge in [0, 0.05) is 43.3 Å². The molecular weight excluding hydrogens is 256 g/mol. The number of likely N-dealkylation sites (tertiary alicyclic amines) is 1. The van der Waals surface area contributed by atoms with Crippen molar-refractivity contribution in [1.29, 1.82) is 0 Å². The number of amides is 2. The highest BCUT2D eigenvalue weighted by molar-refractivity contribution is 5.98.